The van der Waals surface area contributed by atoms with E-state index >= 15 is 0 Å². The second-order valence-corrected chi connectivity index (χ2v) is 3.67. The van der Waals surface area contributed by atoms with Crippen molar-refractivity contribution in [3.05, 3.63) is 0 Å². The van der Waals surface area contributed by atoms with Gasteiger partial charge in [-0.3, -0.25) is 4.79 Å². The predicted molar refractivity (Wildman–Crippen MR) is 50.7 cm³/mol. The lowest BCUT2D eigenvalue weighted by molar-refractivity contribution is -0.153. The fraction of sp³-hybridized carbons (Fsp3) is 0.889. The van der Waals surface area contributed by atoms with Crippen molar-refractivity contribution in [2.45, 2.75) is 25.1 Å². The smallest absolute Gasteiger partial charge is 0.377 e. The van der Waals surface area contributed by atoms with Crippen molar-refractivity contribution in [2.24, 2.45) is 5.73 Å². The van der Waals surface area contributed by atoms with Crippen LogP contribution in [0.1, 0.15) is 12.8 Å². The second-order valence-electron chi connectivity index (χ2n) is 3.67. The molecule has 0 aliphatic carbocycles. The van der Waals surface area contributed by atoms with E-state index in [2.05, 4.69) is 0 Å². The van der Waals surface area contributed by atoms with Crippen LogP contribution in [-0.4, -0.2) is 49.3 Å². The minimum atomic E-state index is -4.29. The van der Waals surface area contributed by atoms with Gasteiger partial charge < -0.3 is 15.4 Å². The lowest BCUT2D eigenvalue weighted by Gasteiger charge is -2.35. The van der Waals surface area contributed by atoms with E-state index in [4.69, 9.17) is 10.5 Å². The number of rotatable bonds is 3. The van der Waals surface area contributed by atoms with Crippen LogP contribution in [0.5, 0.6) is 0 Å². The zero-order valence-corrected chi connectivity index (χ0v) is 8.79. The molecule has 16 heavy (non-hydrogen) atoms. The van der Waals surface area contributed by atoms with Crippen molar-refractivity contribution < 1.29 is 22.7 Å². The van der Waals surface area contributed by atoms with Gasteiger partial charge in [0.1, 0.15) is 0 Å². The molecular formula is C9H15F3N2O2. The zero-order chi connectivity index (χ0) is 12.2. The molecule has 1 aliphatic heterocycles. The molecule has 0 aromatic carbocycles. The van der Waals surface area contributed by atoms with Gasteiger partial charge in [-0.25, -0.2) is 0 Å². The molecule has 0 spiro atoms. The molecule has 1 aliphatic rings. The third kappa shape index (κ3) is 3.97. The lowest BCUT2D eigenvalue weighted by atomic mass is 10.2. The molecule has 0 bridgehead atoms. The summed E-state index contributed by atoms with van der Waals surface area (Å²) in [5, 5.41) is 0. The van der Waals surface area contributed by atoms with Gasteiger partial charge in [0.05, 0.1) is 25.7 Å². The van der Waals surface area contributed by atoms with Gasteiger partial charge in [0.2, 0.25) is 5.91 Å². The summed E-state index contributed by atoms with van der Waals surface area (Å²) in [5.41, 5.74) is 5.42. The van der Waals surface area contributed by atoms with Crippen molar-refractivity contribution in [3.63, 3.8) is 0 Å². The van der Waals surface area contributed by atoms with Gasteiger partial charge in [0, 0.05) is 19.5 Å². The Kier molecular flexibility index (Phi) is 4.55. The van der Waals surface area contributed by atoms with Crippen LogP contribution in [0, 0.1) is 0 Å². The standard InChI is InChI=1S/C9H15F3N2O2/c10-9(11,12)2-1-8(15)14-3-4-16-6-7(14)5-13/h7H,1-6,13H2. The maximum absolute atomic E-state index is 11.9. The summed E-state index contributed by atoms with van der Waals surface area (Å²) in [6.45, 7) is 1.18. The molecule has 1 heterocycles. The Bertz CT molecular complexity index is 245. The largest absolute Gasteiger partial charge is 0.389 e. The minimum Gasteiger partial charge on any atom is -0.377 e. The fourth-order valence-corrected chi connectivity index (χ4v) is 1.57. The maximum atomic E-state index is 11.9. The van der Waals surface area contributed by atoms with Gasteiger partial charge in [0.15, 0.2) is 0 Å². The van der Waals surface area contributed by atoms with Gasteiger partial charge in [0.25, 0.3) is 0 Å². The Morgan fingerprint density at radius 1 is 1.50 bits per heavy atom. The molecule has 1 saturated heterocycles. The zero-order valence-electron chi connectivity index (χ0n) is 8.79. The van der Waals surface area contributed by atoms with Crippen molar-refractivity contribution >= 4 is 5.91 Å². The van der Waals surface area contributed by atoms with Crippen LogP contribution in [0.15, 0.2) is 0 Å². The van der Waals surface area contributed by atoms with Gasteiger partial charge in [-0.05, 0) is 0 Å². The first kappa shape index (κ1) is 13.2. The number of hydrogen-bond donors (Lipinski definition) is 1. The van der Waals surface area contributed by atoms with Crippen molar-refractivity contribution in [2.75, 3.05) is 26.3 Å². The topological polar surface area (TPSA) is 55.6 Å². The number of ether oxygens (including phenoxy) is 1. The van der Waals surface area contributed by atoms with Gasteiger partial charge in [-0.1, -0.05) is 0 Å². The number of nitrogens with zero attached hydrogens (tertiary/aromatic N) is 1. The molecule has 4 nitrogen and oxygen atoms in total. The Labute approximate surface area is 91.5 Å². The summed E-state index contributed by atoms with van der Waals surface area (Å²) in [4.78, 5) is 12.9. The molecule has 1 atom stereocenters. The molecule has 0 aromatic rings. The maximum Gasteiger partial charge on any atom is 0.389 e. The summed E-state index contributed by atoms with van der Waals surface area (Å²) in [6, 6.07) is -0.297. The molecule has 1 fully saturated rings. The highest BCUT2D eigenvalue weighted by atomic mass is 19.4. The van der Waals surface area contributed by atoms with E-state index in [0.717, 1.165) is 0 Å². The summed E-state index contributed by atoms with van der Waals surface area (Å²) < 4.78 is 40.9. The van der Waals surface area contributed by atoms with E-state index in [1.807, 2.05) is 0 Å². The average Bonchev–Trinajstić information content (AvgIpc) is 2.25. The van der Waals surface area contributed by atoms with Crippen LogP contribution in [0.4, 0.5) is 13.2 Å². The van der Waals surface area contributed by atoms with E-state index < -0.39 is 24.9 Å². The average molecular weight is 240 g/mol. The van der Waals surface area contributed by atoms with Crippen molar-refractivity contribution in [1.82, 2.24) is 4.90 Å². The number of morpholine rings is 1. The lowest BCUT2D eigenvalue weighted by Crippen LogP contribution is -2.52. The molecule has 1 rings (SSSR count). The first-order valence-electron chi connectivity index (χ1n) is 5.08. The van der Waals surface area contributed by atoms with Crippen LogP contribution >= 0.6 is 0 Å². The highest BCUT2D eigenvalue weighted by Crippen LogP contribution is 2.22. The third-order valence-electron chi connectivity index (χ3n) is 2.44. The van der Waals surface area contributed by atoms with Crippen LogP contribution in [0.3, 0.4) is 0 Å². The summed E-state index contributed by atoms with van der Waals surface area (Å²) in [5.74, 6) is -0.504. The molecule has 2 N–H and O–H groups in total. The Hall–Kier alpha value is -0.820. The van der Waals surface area contributed by atoms with Crippen LogP contribution in [0.2, 0.25) is 0 Å². The van der Waals surface area contributed by atoms with Crippen LogP contribution in [0.25, 0.3) is 0 Å². The van der Waals surface area contributed by atoms with Gasteiger partial charge in [-0.2, -0.15) is 13.2 Å². The third-order valence-corrected chi connectivity index (χ3v) is 2.44. The summed E-state index contributed by atoms with van der Waals surface area (Å²) >= 11 is 0. The van der Waals surface area contributed by atoms with Crippen molar-refractivity contribution in [1.29, 1.82) is 0 Å². The molecule has 7 heteroatoms. The SMILES string of the molecule is NCC1COCCN1C(=O)CCC(F)(F)F. The summed E-state index contributed by atoms with van der Waals surface area (Å²) in [7, 11) is 0. The van der Waals surface area contributed by atoms with E-state index in [-0.39, 0.29) is 12.6 Å². The normalized spacial score (nSPS) is 22.2. The number of amides is 1. The van der Waals surface area contributed by atoms with Crippen LogP contribution in [-0.2, 0) is 9.53 Å². The number of halogens is 3. The number of carbonyl (C=O) groups excluding carboxylic acids is 1. The molecule has 0 aromatic heterocycles. The molecule has 1 amide bonds. The number of hydrogen-bond acceptors (Lipinski definition) is 3. The Morgan fingerprint density at radius 3 is 2.75 bits per heavy atom. The monoisotopic (exact) mass is 240 g/mol. The molecular weight excluding hydrogens is 225 g/mol. The molecule has 94 valence electrons. The quantitative estimate of drug-likeness (QED) is 0.782. The second kappa shape index (κ2) is 5.49. The van der Waals surface area contributed by atoms with E-state index in [9.17, 15) is 18.0 Å². The number of nitrogens with two attached hydrogens (primary N) is 1. The highest BCUT2D eigenvalue weighted by Gasteiger charge is 2.31. The van der Waals surface area contributed by atoms with E-state index in [1.165, 1.54) is 4.90 Å². The Balaban J connectivity index is 2.45. The van der Waals surface area contributed by atoms with Crippen LogP contribution < -0.4 is 5.73 Å². The molecule has 0 saturated carbocycles. The number of carbonyl (C=O) groups is 1. The fourth-order valence-electron chi connectivity index (χ4n) is 1.57. The van der Waals surface area contributed by atoms with Gasteiger partial charge >= 0.3 is 6.18 Å². The highest BCUT2D eigenvalue weighted by molar-refractivity contribution is 5.76. The van der Waals surface area contributed by atoms with E-state index in [1.54, 1.807) is 0 Å². The summed E-state index contributed by atoms with van der Waals surface area (Å²) in [6.07, 6.45) is -5.89. The number of alkyl halides is 3. The predicted octanol–water partition coefficient (Wildman–Crippen LogP) is 0.515. The first-order valence-corrected chi connectivity index (χ1v) is 5.08. The Morgan fingerprint density at radius 2 is 2.19 bits per heavy atom. The minimum absolute atomic E-state index is 0.206. The van der Waals surface area contributed by atoms with E-state index in [0.29, 0.717) is 19.8 Å². The molecule has 1 unspecified atom stereocenters. The van der Waals surface area contributed by atoms with Gasteiger partial charge in [-0.15, -0.1) is 0 Å². The van der Waals surface area contributed by atoms with Crippen molar-refractivity contribution in [3.8, 4) is 0 Å². The first-order chi connectivity index (χ1) is 7.44. The molecule has 0 radical (unpaired) electrons.